The summed E-state index contributed by atoms with van der Waals surface area (Å²) in [6.07, 6.45) is 1.14. The average molecular weight is 282 g/mol. The van der Waals surface area contributed by atoms with Crippen molar-refractivity contribution < 1.29 is 0 Å². The summed E-state index contributed by atoms with van der Waals surface area (Å²) in [5, 5.41) is 4.56. The van der Waals surface area contributed by atoms with E-state index in [-0.39, 0.29) is 0 Å². The van der Waals surface area contributed by atoms with Crippen molar-refractivity contribution in [3.05, 3.63) is 33.8 Å². The summed E-state index contributed by atoms with van der Waals surface area (Å²) >= 11 is 6.48. The van der Waals surface area contributed by atoms with Crippen LogP contribution in [-0.4, -0.2) is 6.54 Å². The van der Waals surface area contributed by atoms with Gasteiger partial charge in [0.05, 0.1) is 0 Å². The Morgan fingerprint density at radius 2 is 1.68 bits per heavy atom. The summed E-state index contributed by atoms with van der Waals surface area (Å²) in [5.74, 6) is 1.19. The number of hydrogen-bond donors (Lipinski definition) is 1. The zero-order chi connectivity index (χ0) is 14.6. The van der Waals surface area contributed by atoms with Crippen molar-refractivity contribution in [2.24, 2.45) is 11.8 Å². The third kappa shape index (κ3) is 4.22. The number of rotatable bonds is 6. The van der Waals surface area contributed by atoms with Crippen LogP contribution in [-0.2, 0) is 0 Å². The van der Waals surface area contributed by atoms with Gasteiger partial charge in [-0.25, -0.2) is 0 Å². The van der Waals surface area contributed by atoms with Crippen LogP contribution in [0.15, 0.2) is 12.1 Å². The summed E-state index contributed by atoms with van der Waals surface area (Å²) in [5.41, 5.74) is 3.83. The normalized spacial score (nSPS) is 14.7. The molecule has 0 fully saturated rings. The van der Waals surface area contributed by atoms with Crippen molar-refractivity contribution in [2.75, 3.05) is 6.54 Å². The van der Waals surface area contributed by atoms with E-state index in [0.29, 0.717) is 17.9 Å². The first-order valence-corrected chi connectivity index (χ1v) is 7.76. The molecule has 1 aromatic carbocycles. The Balaban J connectivity index is 3.13. The molecule has 0 amide bonds. The number of aryl methyl sites for hydroxylation is 2. The molecule has 0 aliphatic carbocycles. The summed E-state index contributed by atoms with van der Waals surface area (Å²) < 4.78 is 0. The summed E-state index contributed by atoms with van der Waals surface area (Å²) in [7, 11) is 0. The third-order valence-corrected chi connectivity index (χ3v) is 4.47. The first-order valence-electron chi connectivity index (χ1n) is 7.38. The van der Waals surface area contributed by atoms with Gasteiger partial charge in [0, 0.05) is 11.1 Å². The van der Waals surface area contributed by atoms with Crippen molar-refractivity contribution in [1.82, 2.24) is 5.32 Å². The molecule has 0 saturated heterocycles. The van der Waals surface area contributed by atoms with Crippen LogP contribution in [0, 0.1) is 25.7 Å². The molecule has 108 valence electrons. The molecule has 2 atom stereocenters. The lowest BCUT2D eigenvalue weighted by atomic mass is 9.85. The van der Waals surface area contributed by atoms with Crippen molar-refractivity contribution in [1.29, 1.82) is 0 Å². The van der Waals surface area contributed by atoms with Crippen molar-refractivity contribution in [3.63, 3.8) is 0 Å². The quantitative estimate of drug-likeness (QED) is 0.747. The molecule has 1 nitrogen and oxygen atoms in total. The van der Waals surface area contributed by atoms with E-state index < -0.39 is 0 Å². The molecule has 1 aromatic rings. The van der Waals surface area contributed by atoms with Crippen LogP contribution in [0.5, 0.6) is 0 Å². The number of halogens is 1. The lowest BCUT2D eigenvalue weighted by Crippen LogP contribution is -2.30. The molecule has 0 spiro atoms. The topological polar surface area (TPSA) is 12.0 Å². The third-order valence-electron chi connectivity index (χ3n) is 4.14. The largest absolute Gasteiger partial charge is 0.310 e. The van der Waals surface area contributed by atoms with E-state index in [1.807, 2.05) is 0 Å². The molecule has 19 heavy (non-hydrogen) atoms. The van der Waals surface area contributed by atoms with Crippen molar-refractivity contribution >= 4 is 11.6 Å². The predicted octanol–water partition coefficient (Wildman–Crippen LogP) is 5.29. The van der Waals surface area contributed by atoms with E-state index in [1.54, 1.807) is 0 Å². The number of nitrogens with one attached hydrogen (secondary N) is 1. The van der Waals surface area contributed by atoms with Gasteiger partial charge in [0.2, 0.25) is 0 Å². The second kappa shape index (κ2) is 7.31. The van der Waals surface area contributed by atoms with Gasteiger partial charge in [-0.15, -0.1) is 0 Å². The Morgan fingerprint density at radius 1 is 1.11 bits per heavy atom. The Bertz CT molecular complexity index is 412. The fraction of sp³-hybridized carbons (Fsp3) is 0.647. The van der Waals surface area contributed by atoms with E-state index in [0.717, 1.165) is 18.0 Å². The van der Waals surface area contributed by atoms with Gasteiger partial charge in [0.1, 0.15) is 0 Å². The maximum absolute atomic E-state index is 6.48. The molecule has 0 aromatic heterocycles. The molecular formula is C17H28ClN. The maximum atomic E-state index is 6.48. The Hall–Kier alpha value is -0.530. The van der Waals surface area contributed by atoms with Gasteiger partial charge >= 0.3 is 0 Å². The van der Waals surface area contributed by atoms with Gasteiger partial charge in [-0.2, -0.15) is 0 Å². The van der Waals surface area contributed by atoms with Gasteiger partial charge in [0.15, 0.2) is 0 Å². The minimum atomic E-state index is 0.340. The minimum absolute atomic E-state index is 0.340. The smallest absolute Gasteiger partial charge is 0.0456 e. The first-order chi connectivity index (χ1) is 8.88. The molecule has 1 N–H and O–H groups in total. The van der Waals surface area contributed by atoms with Gasteiger partial charge in [0.25, 0.3) is 0 Å². The number of hydrogen-bond acceptors (Lipinski definition) is 1. The van der Waals surface area contributed by atoms with Gasteiger partial charge in [-0.1, -0.05) is 45.4 Å². The molecule has 2 heteroatoms. The van der Waals surface area contributed by atoms with Crippen LogP contribution in [0.1, 0.15) is 56.8 Å². The molecular weight excluding hydrogens is 254 g/mol. The second-order valence-corrected chi connectivity index (χ2v) is 6.40. The highest BCUT2D eigenvalue weighted by molar-refractivity contribution is 6.31. The molecule has 0 aliphatic heterocycles. The lowest BCUT2D eigenvalue weighted by Gasteiger charge is -2.29. The predicted molar refractivity (Wildman–Crippen MR) is 86.0 cm³/mol. The molecule has 0 saturated carbocycles. The zero-order valence-electron chi connectivity index (χ0n) is 13.2. The van der Waals surface area contributed by atoms with Gasteiger partial charge < -0.3 is 5.32 Å². The molecule has 1 rings (SSSR count). The van der Waals surface area contributed by atoms with Crippen molar-refractivity contribution in [3.8, 4) is 0 Å². The maximum Gasteiger partial charge on any atom is 0.0456 e. The molecule has 0 radical (unpaired) electrons. The lowest BCUT2D eigenvalue weighted by molar-refractivity contribution is 0.304. The minimum Gasteiger partial charge on any atom is -0.310 e. The molecule has 0 bridgehead atoms. The first kappa shape index (κ1) is 16.5. The monoisotopic (exact) mass is 281 g/mol. The fourth-order valence-electron chi connectivity index (χ4n) is 2.31. The van der Waals surface area contributed by atoms with Crippen LogP contribution in [0.25, 0.3) is 0 Å². The summed E-state index contributed by atoms with van der Waals surface area (Å²) in [4.78, 5) is 0. The Morgan fingerprint density at radius 3 is 2.21 bits per heavy atom. The summed E-state index contributed by atoms with van der Waals surface area (Å²) in [6.45, 7) is 14.4. The molecule has 0 heterocycles. The summed E-state index contributed by atoms with van der Waals surface area (Å²) in [6, 6.07) is 4.69. The van der Waals surface area contributed by atoms with Crippen LogP contribution in [0.4, 0.5) is 0 Å². The van der Waals surface area contributed by atoms with Crippen LogP contribution < -0.4 is 5.32 Å². The molecule has 0 aliphatic rings. The van der Waals surface area contributed by atoms with Gasteiger partial charge in [-0.3, -0.25) is 0 Å². The number of benzene rings is 1. The van der Waals surface area contributed by atoms with Gasteiger partial charge in [-0.05, 0) is 61.4 Å². The highest BCUT2D eigenvalue weighted by Gasteiger charge is 2.23. The average Bonchev–Trinajstić information content (AvgIpc) is 2.35. The Kier molecular flexibility index (Phi) is 6.35. The van der Waals surface area contributed by atoms with E-state index >= 15 is 0 Å². The second-order valence-electron chi connectivity index (χ2n) is 5.99. The zero-order valence-corrected chi connectivity index (χ0v) is 13.9. The SMILES string of the molecule is CCCNC(c1cc(C)c(C)cc1Cl)C(C)C(C)C. The highest BCUT2D eigenvalue weighted by Crippen LogP contribution is 2.33. The standard InChI is InChI=1S/C17H28ClN/c1-7-8-19-17(14(6)11(2)3)15-9-12(4)13(5)10-16(15)18/h9-11,14,17,19H,7-8H2,1-6H3. The fourth-order valence-corrected chi connectivity index (χ4v) is 2.64. The van der Waals surface area contributed by atoms with E-state index in [4.69, 9.17) is 11.6 Å². The van der Waals surface area contributed by atoms with E-state index in [1.165, 1.54) is 16.7 Å². The van der Waals surface area contributed by atoms with E-state index in [2.05, 4.69) is 59.0 Å². The van der Waals surface area contributed by atoms with Crippen LogP contribution in [0.3, 0.4) is 0 Å². The highest BCUT2D eigenvalue weighted by atomic mass is 35.5. The van der Waals surface area contributed by atoms with Crippen LogP contribution >= 0.6 is 11.6 Å². The van der Waals surface area contributed by atoms with E-state index in [9.17, 15) is 0 Å². The van der Waals surface area contributed by atoms with Crippen LogP contribution in [0.2, 0.25) is 5.02 Å². The van der Waals surface area contributed by atoms with Crippen molar-refractivity contribution in [2.45, 2.75) is 54.0 Å². The Labute approximate surface area is 123 Å². The molecule has 2 unspecified atom stereocenters.